The van der Waals surface area contributed by atoms with Crippen LogP contribution in [0.5, 0.6) is 0 Å². The van der Waals surface area contributed by atoms with Crippen LogP contribution in [0.3, 0.4) is 0 Å². The maximum absolute atomic E-state index is 7.75. The van der Waals surface area contributed by atoms with Crippen molar-refractivity contribution in [2.45, 2.75) is 0 Å². The van der Waals surface area contributed by atoms with Gasteiger partial charge < -0.3 is 12.2 Å². The van der Waals surface area contributed by atoms with Crippen molar-refractivity contribution in [3.63, 3.8) is 0 Å². The molecule has 0 rings (SSSR count). The Bertz CT molecular complexity index is 7.61. The van der Waals surface area contributed by atoms with E-state index in [0.29, 0.717) is 0 Å². The molecule has 3 heteroatoms. The molecule has 0 amide bonds. The van der Waals surface area contributed by atoms with Crippen molar-refractivity contribution in [3.05, 3.63) is 7.43 Å². The molecule has 0 atom stereocenters. The molecule has 0 fully saturated rings. The predicted octanol–water partition coefficient (Wildman–Crippen LogP) is 0.171. The van der Waals surface area contributed by atoms with Gasteiger partial charge in [0.15, 0.2) is 0 Å². The van der Waals surface area contributed by atoms with Gasteiger partial charge in [-0.1, -0.05) is 0 Å². The molecule has 0 aliphatic heterocycles. The van der Waals surface area contributed by atoms with Gasteiger partial charge in [0.05, 0.1) is 0 Å². The third kappa shape index (κ3) is 49.8. The van der Waals surface area contributed by atoms with Crippen LogP contribution in [0.4, 0.5) is 0 Å². The molecule has 2 radical (unpaired) electrons. The van der Waals surface area contributed by atoms with Gasteiger partial charge in [-0.15, -0.1) is 0 Å². The normalized spacial score (nSPS) is 0.800. The molecule has 34 valence electrons. The van der Waals surface area contributed by atoms with Crippen molar-refractivity contribution < 1.29 is 43.8 Å². The minimum Gasteiger partial charge on any atom is -0.545 e. The quantitative estimate of drug-likeness (QED) is 0.338. The van der Waals surface area contributed by atoms with Crippen LogP contribution in [-0.2, 0) is 43.8 Å². The first-order valence-corrected chi connectivity index (χ1v) is 0.236. The topological polar surface area (TPSA) is 17.1 Å². The van der Waals surface area contributed by atoms with E-state index in [-0.39, 0.29) is 46.4 Å². The largest absolute Gasteiger partial charge is 1.00 e. The van der Waals surface area contributed by atoms with Crippen LogP contribution in [0.2, 0.25) is 0 Å². The standard InChI is InChI=1S/CHO.CH3.2Ru/c1-2;;;/h1H;1H3;;/q2*-1;2*+1. The monoisotopic (exact) mass is 248 g/mol. The summed E-state index contributed by atoms with van der Waals surface area (Å²) in [7, 11) is 0. The fourth-order valence-corrected chi connectivity index (χ4v) is 0. The number of rotatable bonds is 0. The van der Waals surface area contributed by atoms with Gasteiger partial charge in [-0.2, -0.15) is 0 Å². The Hall–Kier alpha value is 0.917. The van der Waals surface area contributed by atoms with Crippen molar-refractivity contribution in [2.75, 3.05) is 0 Å². The predicted molar refractivity (Wildman–Crippen MR) is 13.2 cm³/mol. The third-order valence-electron chi connectivity index (χ3n) is 0. The number of carbonyl (C=O) groups excluding carboxylic acids is 1. The first-order valence-electron chi connectivity index (χ1n) is 0.236. The molecule has 5 heavy (non-hydrogen) atoms. The van der Waals surface area contributed by atoms with E-state index < -0.39 is 0 Å². The van der Waals surface area contributed by atoms with E-state index in [9.17, 15) is 0 Å². The molecule has 0 spiro atoms. The zero-order chi connectivity index (χ0) is 2.00. The van der Waals surface area contributed by atoms with E-state index >= 15 is 0 Å². The van der Waals surface area contributed by atoms with E-state index in [1.807, 2.05) is 0 Å². The maximum atomic E-state index is 7.75. The molecule has 1 nitrogen and oxygen atoms in total. The van der Waals surface area contributed by atoms with Crippen molar-refractivity contribution in [3.8, 4) is 0 Å². The first-order chi connectivity index (χ1) is 1.00. The minimum absolute atomic E-state index is 0. The Kier molecular flexibility index (Phi) is 699. The molecule has 0 N–H and O–H groups in total. The fraction of sp³-hybridized carbons (Fsp3) is 0. The summed E-state index contributed by atoms with van der Waals surface area (Å²) in [5.74, 6) is 0. The molecule has 0 aliphatic carbocycles. The molecule has 0 aromatic rings. The summed E-state index contributed by atoms with van der Waals surface area (Å²) in [6, 6.07) is 0. The summed E-state index contributed by atoms with van der Waals surface area (Å²) >= 11 is 0. The second kappa shape index (κ2) is 89.7. The second-order valence-electron chi connectivity index (χ2n) is 0. The number of hydrogen-bond acceptors (Lipinski definition) is 1. The van der Waals surface area contributed by atoms with Crippen LogP contribution in [0.25, 0.3) is 0 Å². The van der Waals surface area contributed by atoms with Crippen LogP contribution >= 0.6 is 0 Å². The minimum atomic E-state index is 0. The van der Waals surface area contributed by atoms with Gasteiger partial charge in [-0.25, -0.2) is 0 Å². The van der Waals surface area contributed by atoms with Gasteiger partial charge in [-0.05, 0) is 0 Å². The molecule has 0 aliphatic rings. The molecule has 0 aromatic heterocycles. The van der Waals surface area contributed by atoms with Gasteiger partial charge >= 0.3 is 39.0 Å². The van der Waals surface area contributed by atoms with E-state index in [1.54, 1.807) is 0 Å². The van der Waals surface area contributed by atoms with Gasteiger partial charge in [0.2, 0.25) is 0 Å². The molecule has 0 bridgehead atoms. The van der Waals surface area contributed by atoms with Crippen molar-refractivity contribution in [1.82, 2.24) is 0 Å². The molecule has 0 aromatic carbocycles. The Morgan fingerprint density at radius 2 is 1.00 bits per heavy atom. The molecule has 0 saturated carbocycles. The molecule has 0 saturated heterocycles. The average Bonchev–Trinajstić information content (AvgIpc) is 1.00. The Morgan fingerprint density at radius 1 is 1.00 bits per heavy atom. The van der Waals surface area contributed by atoms with E-state index in [1.165, 1.54) is 0 Å². The van der Waals surface area contributed by atoms with E-state index in [0.717, 1.165) is 0 Å². The summed E-state index contributed by atoms with van der Waals surface area (Å²) in [4.78, 5) is 7.75. The first kappa shape index (κ1) is 38.9. The van der Waals surface area contributed by atoms with Crippen LogP contribution in [0, 0.1) is 7.43 Å². The van der Waals surface area contributed by atoms with Crippen LogP contribution < -0.4 is 0 Å². The van der Waals surface area contributed by atoms with E-state index in [4.69, 9.17) is 4.79 Å². The van der Waals surface area contributed by atoms with E-state index in [2.05, 4.69) is 6.79 Å². The Balaban J connectivity index is -0.00000000167. The Labute approximate surface area is 58.0 Å². The molecule has 0 unspecified atom stereocenters. The maximum Gasteiger partial charge on any atom is 1.00 e. The fourth-order valence-electron chi connectivity index (χ4n) is 0. The number of hydrogen-bond donors (Lipinski definition) is 0. The van der Waals surface area contributed by atoms with Crippen LogP contribution in [0.1, 0.15) is 0 Å². The second-order valence-corrected chi connectivity index (χ2v) is 0. The van der Waals surface area contributed by atoms with Crippen LogP contribution in [0.15, 0.2) is 0 Å². The zero-order valence-corrected chi connectivity index (χ0v) is 6.17. The summed E-state index contributed by atoms with van der Waals surface area (Å²) < 4.78 is 0. The van der Waals surface area contributed by atoms with Crippen molar-refractivity contribution in [2.24, 2.45) is 0 Å². The van der Waals surface area contributed by atoms with Crippen molar-refractivity contribution >= 4 is 6.79 Å². The average molecular weight is 246 g/mol. The van der Waals surface area contributed by atoms with Gasteiger partial charge in [0.25, 0.3) is 0 Å². The summed E-state index contributed by atoms with van der Waals surface area (Å²) in [5, 5.41) is 0. The molecular formula is C2H4ORu2. The van der Waals surface area contributed by atoms with Gasteiger partial charge in [-0.3, -0.25) is 6.79 Å². The zero-order valence-electron chi connectivity index (χ0n) is 2.69. The summed E-state index contributed by atoms with van der Waals surface area (Å²) in [6.07, 6.45) is 0. The summed E-state index contributed by atoms with van der Waals surface area (Å²) in [6.45, 7) is 3.25. The van der Waals surface area contributed by atoms with Gasteiger partial charge in [0.1, 0.15) is 0 Å². The van der Waals surface area contributed by atoms with Gasteiger partial charge in [0, 0.05) is 0 Å². The molecular weight excluding hydrogens is 242 g/mol. The SMILES string of the molecule is [CH-]=O.[CH3-].[Ru+].[Ru+]. The Morgan fingerprint density at radius 3 is 1.00 bits per heavy atom. The van der Waals surface area contributed by atoms with Crippen LogP contribution in [-0.4, -0.2) is 6.79 Å². The smallest absolute Gasteiger partial charge is 0.545 e. The summed E-state index contributed by atoms with van der Waals surface area (Å²) in [5.41, 5.74) is 0. The molecule has 0 heterocycles. The van der Waals surface area contributed by atoms with Crippen molar-refractivity contribution in [1.29, 1.82) is 0 Å². The third-order valence-corrected chi connectivity index (χ3v) is 0.